The second-order valence-corrected chi connectivity index (χ2v) is 10.8. The Balaban J connectivity index is 1.14. The molecular formula is C29H28ClN5O2. The third-order valence-corrected chi connectivity index (χ3v) is 7.99. The molecule has 2 aliphatic carbocycles. The number of nitrogens with zero attached hydrogens (tertiary/aromatic N) is 4. The summed E-state index contributed by atoms with van der Waals surface area (Å²) in [6, 6.07) is 11.8. The molecule has 0 unspecified atom stereocenters. The van der Waals surface area contributed by atoms with Gasteiger partial charge in [0.15, 0.2) is 0 Å². The number of carbonyl (C=O) groups excluding carboxylic acids is 2. The monoisotopic (exact) mass is 513 g/mol. The molecule has 3 aromatic rings. The van der Waals surface area contributed by atoms with Gasteiger partial charge in [-0.3, -0.25) is 14.3 Å². The molecule has 1 aromatic carbocycles. The van der Waals surface area contributed by atoms with Gasteiger partial charge in [0.05, 0.1) is 17.3 Å². The molecule has 3 fully saturated rings. The van der Waals surface area contributed by atoms with E-state index in [0.717, 1.165) is 55.5 Å². The zero-order valence-corrected chi connectivity index (χ0v) is 21.4. The number of likely N-dealkylation sites (tertiary alicyclic amines) is 1. The molecule has 0 spiro atoms. The Hall–Kier alpha value is -3.63. The Kier molecular flexibility index (Phi) is 6.21. The fourth-order valence-electron chi connectivity index (χ4n) is 5.67. The van der Waals surface area contributed by atoms with Crippen LogP contribution in [0.15, 0.2) is 48.8 Å². The van der Waals surface area contributed by atoms with Gasteiger partial charge in [-0.2, -0.15) is 5.10 Å². The van der Waals surface area contributed by atoms with Crippen molar-refractivity contribution in [3.05, 3.63) is 76.2 Å². The number of amides is 2. The fourth-order valence-corrected chi connectivity index (χ4v) is 5.89. The van der Waals surface area contributed by atoms with Gasteiger partial charge in [0, 0.05) is 36.3 Å². The van der Waals surface area contributed by atoms with Gasteiger partial charge in [-0.1, -0.05) is 41.6 Å². The topological polar surface area (TPSA) is 80.1 Å². The molecular weight excluding hydrogens is 486 g/mol. The fraction of sp³-hybridized carbons (Fsp3) is 0.379. The summed E-state index contributed by atoms with van der Waals surface area (Å²) in [4.78, 5) is 32.3. The lowest BCUT2D eigenvalue weighted by molar-refractivity contribution is -0.131. The lowest BCUT2D eigenvalue weighted by Crippen LogP contribution is -2.31. The summed E-state index contributed by atoms with van der Waals surface area (Å²) < 4.78 is 1.78. The molecule has 0 radical (unpaired) electrons. The van der Waals surface area contributed by atoms with E-state index in [-0.39, 0.29) is 17.9 Å². The molecule has 188 valence electrons. The quantitative estimate of drug-likeness (QED) is 0.512. The van der Waals surface area contributed by atoms with Crippen molar-refractivity contribution in [2.45, 2.75) is 38.6 Å². The predicted octanol–water partition coefficient (Wildman–Crippen LogP) is 4.71. The van der Waals surface area contributed by atoms with E-state index in [1.807, 2.05) is 43.3 Å². The zero-order valence-electron chi connectivity index (χ0n) is 20.7. The Morgan fingerprint density at radius 1 is 1.03 bits per heavy atom. The van der Waals surface area contributed by atoms with Crippen molar-refractivity contribution < 1.29 is 9.59 Å². The van der Waals surface area contributed by atoms with Crippen LogP contribution < -0.4 is 5.32 Å². The number of hydrogen-bond donors (Lipinski definition) is 1. The SMILES string of the molecule is Cc1cc(C#Cc2ccccc2)cnc1NC(=O)c1c(Cl)cnn1[C@H]1C[C@@H]2CN(C(=O)C3CC3)C[C@@H]2C1. The maximum Gasteiger partial charge on any atom is 0.276 e. The molecule has 0 bridgehead atoms. The standard InChI is InChI=1S/C29H28ClN5O2/c1-18-11-20(8-7-19-5-3-2-4-6-19)14-31-27(18)33-28(36)26-25(30)15-32-35(26)24-12-22-16-34(17-23(22)13-24)29(37)21-9-10-21/h2-6,11,14-15,21-24H,9-10,12-13,16-17H2,1H3,(H,31,33,36)/t22-,23+,24+. The average molecular weight is 514 g/mol. The van der Waals surface area contributed by atoms with Crippen molar-refractivity contribution in [3.63, 3.8) is 0 Å². The van der Waals surface area contributed by atoms with Gasteiger partial charge in [-0.25, -0.2) is 4.98 Å². The highest BCUT2D eigenvalue weighted by Crippen LogP contribution is 2.46. The maximum atomic E-state index is 13.3. The number of carbonyl (C=O) groups is 2. The Bertz CT molecular complexity index is 1410. The Morgan fingerprint density at radius 3 is 2.41 bits per heavy atom. The molecule has 1 N–H and O–H groups in total. The summed E-state index contributed by atoms with van der Waals surface area (Å²) in [5.74, 6) is 7.86. The maximum absolute atomic E-state index is 13.3. The first-order chi connectivity index (χ1) is 18.0. The molecule has 2 amide bonds. The normalized spacial score (nSPS) is 22.3. The van der Waals surface area contributed by atoms with Crippen molar-refractivity contribution in [2.24, 2.45) is 17.8 Å². The highest BCUT2D eigenvalue weighted by molar-refractivity contribution is 6.34. The van der Waals surface area contributed by atoms with Crippen LogP contribution in [-0.2, 0) is 4.79 Å². The molecule has 1 aliphatic heterocycles. The van der Waals surface area contributed by atoms with Gasteiger partial charge in [-0.05, 0) is 68.2 Å². The third kappa shape index (κ3) is 4.86. The first kappa shape index (κ1) is 23.7. The molecule has 2 aromatic heterocycles. The predicted molar refractivity (Wildman–Crippen MR) is 141 cm³/mol. The third-order valence-electron chi connectivity index (χ3n) is 7.71. The molecule has 8 heteroatoms. The number of fused-ring (bicyclic) bond motifs is 1. The first-order valence-corrected chi connectivity index (χ1v) is 13.2. The lowest BCUT2D eigenvalue weighted by atomic mass is 10.0. The van der Waals surface area contributed by atoms with Crippen LogP contribution in [0.1, 0.15) is 58.9 Å². The van der Waals surface area contributed by atoms with E-state index in [0.29, 0.717) is 34.3 Å². The average Bonchev–Trinajstić information content (AvgIpc) is 3.39. The van der Waals surface area contributed by atoms with E-state index >= 15 is 0 Å². The van der Waals surface area contributed by atoms with Crippen molar-refractivity contribution in [1.29, 1.82) is 0 Å². The number of nitrogens with one attached hydrogen (secondary N) is 1. The van der Waals surface area contributed by atoms with Crippen molar-refractivity contribution >= 4 is 29.2 Å². The van der Waals surface area contributed by atoms with Gasteiger partial charge < -0.3 is 10.2 Å². The summed E-state index contributed by atoms with van der Waals surface area (Å²) in [7, 11) is 0. The first-order valence-electron chi connectivity index (χ1n) is 12.8. The van der Waals surface area contributed by atoms with E-state index in [2.05, 4.69) is 32.1 Å². The molecule has 37 heavy (non-hydrogen) atoms. The highest BCUT2D eigenvalue weighted by atomic mass is 35.5. The van der Waals surface area contributed by atoms with Crippen LogP contribution in [0.4, 0.5) is 5.82 Å². The largest absolute Gasteiger partial charge is 0.342 e. The van der Waals surface area contributed by atoms with Crippen molar-refractivity contribution in [3.8, 4) is 11.8 Å². The van der Waals surface area contributed by atoms with Gasteiger partial charge in [-0.15, -0.1) is 0 Å². The van der Waals surface area contributed by atoms with Gasteiger partial charge in [0.25, 0.3) is 5.91 Å². The number of benzene rings is 1. The molecule has 1 saturated heterocycles. The van der Waals surface area contributed by atoms with Crippen LogP contribution in [-0.4, -0.2) is 44.6 Å². The lowest BCUT2D eigenvalue weighted by Gasteiger charge is -2.20. The minimum Gasteiger partial charge on any atom is -0.342 e. The molecule has 6 rings (SSSR count). The Labute approximate surface area is 221 Å². The summed E-state index contributed by atoms with van der Waals surface area (Å²) in [6.07, 6.45) is 7.05. The summed E-state index contributed by atoms with van der Waals surface area (Å²) in [5, 5.41) is 7.71. The number of hydrogen-bond acceptors (Lipinski definition) is 4. The molecule has 7 nitrogen and oxygen atoms in total. The Morgan fingerprint density at radius 2 is 1.73 bits per heavy atom. The zero-order chi connectivity index (χ0) is 25.5. The number of aromatic nitrogens is 3. The highest BCUT2D eigenvalue weighted by Gasteiger charge is 2.46. The minimum atomic E-state index is -0.330. The van der Waals surface area contributed by atoms with E-state index in [1.54, 1.807) is 10.9 Å². The van der Waals surface area contributed by atoms with Crippen LogP contribution >= 0.6 is 11.6 Å². The summed E-state index contributed by atoms with van der Waals surface area (Å²) in [6.45, 7) is 3.52. The van der Waals surface area contributed by atoms with Crippen molar-refractivity contribution in [2.75, 3.05) is 18.4 Å². The van der Waals surface area contributed by atoms with E-state index in [4.69, 9.17) is 11.6 Å². The second-order valence-electron chi connectivity index (χ2n) is 10.4. The molecule has 3 atom stereocenters. The minimum absolute atomic E-state index is 0.0890. The summed E-state index contributed by atoms with van der Waals surface area (Å²) in [5.41, 5.74) is 2.87. The second kappa shape index (κ2) is 9.68. The van der Waals surface area contributed by atoms with E-state index < -0.39 is 0 Å². The van der Waals surface area contributed by atoms with Crippen LogP contribution in [0.5, 0.6) is 0 Å². The van der Waals surface area contributed by atoms with Gasteiger partial charge in [0.1, 0.15) is 11.5 Å². The van der Waals surface area contributed by atoms with E-state index in [1.165, 1.54) is 6.20 Å². The number of rotatable bonds is 4. The van der Waals surface area contributed by atoms with Crippen molar-refractivity contribution in [1.82, 2.24) is 19.7 Å². The van der Waals surface area contributed by atoms with Gasteiger partial charge >= 0.3 is 0 Å². The van der Waals surface area contributed by atoms with Crippen LogP contribution in [0, 0.1) is 36.5 Å². The number of anilines is 1. The number of halogens is 1. The molecule has 3 heterocycles. The smallest absolute Gasteiger partial charge is 0.276 e. The molecule has 2 saturated carbocycles. The van der Waals surface area contributed by atoms with Crippen LogP contribution in [0.2, 0.25) is 5.02 Å². The number of pyridine rings is 1. The number of aryl methyl sites for hydroxylation is 1. The van der Waals surface area contributed by atoms with Crippen LogP contribution in [0.25, 0.3) is 0 Å². The molecule has 3 aliphatic rings. The van der Waals surface area contributed by atoms with Gasteiger partial charge in [0.2, 0.25) is 5.91 Å². The van der Waals surface area contributed by atoms with Crippen LogP contribution in [0.3, 0.4) is 0 Å². The summed E-state index contributed by atoms with van der Waals surface area (Å²) >= 11 is 6.44. The van der Waals surface area contributed by atoms with E-state index in [9.17, 15) is 9.59 Å².